The molecule has 0 N–H and O–H groups in total. The SMILES string of the molecule is COCCCCC1CCC(Cl)C1C. The van der Waals surface area contributed by atoms with Crippen LogP contribution in [-0.4, -0.2) is 19.1 Å². The van der Waals surface area contributed by atoms with Crippen LogP contribution in [0.15, 0.2) is 0 Å². The average Bonchev–Trinajstić information content (AvgIpc) is 2.43. The number of methoxy groups -OCH3 is 1. The number of hydrogen-bond acceptors (Lipinski definition) is 1. The number of halogens is 1. The Balaban J connectivity index is 2.08. The molecule has 1 aliphatic rings. The largest absolute Gasteiger partial charge is 0.385 e. The molecule has 13 heavy (non-hydrogen) atoms. The highest BCUT2D eigenvalue weighted by Gasteiger charge is 2.30. The van der Waals surface area contributed by atoms with Gasteiger partial charge in [-0.25, -0.2) is 0 Å². The summed E-state index contributed by atoms with van der Waals surface area (Å²) in [4.78, 5) is 0. The summed E-state index contributed by atoms with van der Waals surface area (Å²) in [5.41, 5.74) is 0. The highest BCUT2D eigenvalue weighted by molar-refractivity contribution is 6.20. The van der Waals surface area contributed by atoms with E-state index in [1.165, 1.54) is 32.1 Å². The molecule has 1 rings (SSSR count). The molecule has 78 valence electrons. The van der Waals surface area contributed by atoms with Crippen LogP contribution in [0, 0.1) is 11.8 Å². The van der Waals surface area contributed by atoms with E-state index in [0.717, 1.165) is 18.4 Å². The van der Waals surface area contributed by atoms with E-state index in [0.29, 0.717) is 5.38 Å². The van der Waals surface area contributed by atoms with Gasteiger partial charge in [0.05, 0.1) is 0 Å². The molecule has 0 heterocycles. The van der Waals surface area contributed by atoms with Crippen molar-refractivity contribution in [3.8, 4) is 0 Å². The molecule has 0 saturated heterocycles. The van der Waals surface area contributed by atoms with Crippen molar-refractivity contribution < 1.29 is 4.74 Å². The van der Waals surface area contributed by atoms with Crippen LogP contribution in [0.2, 0.25) is 0 Å². The molecule has 1 aliphatic carbocycles. The molecule has 0 amide bonds. The number of hydrogen-bond donors (Lipinski definition) is 0. The number of rotatable bonds is 5. The molecule has 0 aromatic carbocycles. The first-order valence-corrected chi connectivity index (χ1v) is 5.82. The third-order valence-electron chi connectivity index (χ3n) is 3.30. The van der Waals surface area contributed by atoms with E-state index >= 15 is 0 Å². The van der Waals surface area contributed by atoms with Crippen molar-refractivity contribution in [3.05, 3.63) is 0 Å². The summed E-state index contributed by atoms with van der Waals surface area (Å²) in [5, 5.41) is 0.437. The van der Waals surface area contributed by atoms with Crippen LogP contribution < -0.4 is 0 Å². The van der Waals surface area contributed by atoms with Crippen LogP contribution >= 0.6 is 11.6 Å². The summed E-state index contributed by atoms with van der Waals surface area (Å²) in [6.07, 6.45) is 6.40. The predicted molar refractivity (Wildman–Crippen MR) is 57.3 cm³/mol. The molecule has 0 aromatic heterocycles. The Kier molecular flexibility index (Phi) is 5.12. The number of alkyl halides is 1. The summed E-state index contributed by atoms with van der Waals surface area (Å²) in [6.45, 7) is 3.21. The second-order valence-electron chi connectivity index (χ2n) is 4.20. The van der Waals surface area contributed by atoms with Gasteiger partial charge in [-0.2, -0.15) is 0 Å². The summed E-state index contributed by atoms with van der Waals surface area (Å²) in [6, 6.07) is 0. The molecule has 1 fully saturated rings. The zero-order chi connectivity index (χ0) is 9.68. The van der Waals surface area contributed by atoms with E-state index in [2.05, 4.69) is 6.92 Å². The molecular formula is C11H21ClO. The normalized spacial score (nSPS) is 33.9. The maximum absolute atomic E-state index is 6.17. The third kappa shape index (κ3) is 3.47. The Morgan fingerprint density at radius 2 is 2.08 bits per heavy atom. The molecule has 0 radical (unpaired) electrons. The first-order valence-electron chi connectivity index (χ1n) is 5.38. The monoisotopic (exact) mass is 204 g/mol. The summed E-state index contributed by atoms with van der Waals surface area (Å²) < 4.78 is 5.03. The quantitative estimate of drug-likeness (QED) is 0.493. The molecule has 0 bridgehead atoms. The molecule has 0 aromatic rings. The Morgan fingerprint density at radius 1 is 1.31 bits per heavy atom. The van der Waals surface area contributed by atoms with Crippen LogP contribution in [0.1, 0.15) is 39.0 Å². The highest BCUT2D eigenvalue weighted by atomic mass is 35.5. The van der Waals surface area contributed by atoms with E-state index in [1.807, 2.05) is 0 Å². The average molecular weight is 205 g/mol. The lowest BCUT2D eigenvalue weighted by atomic mass is 9.92. The van der Waals surface area contributed by atoms with Gasteiger partial charge >= 0.3 is 0 Å². The second-order valence-corrected chi connectivity index (χ2v) is 4.76. The van der Waals surface area contributed by atoms with Gasteiger partial charge in [-0.15, -0.1) is 11.6 Å². The van der Waals surface area contributed by atoms with Crippen LogP contribution in [0.25, 0.3) is 0 Å². The van der Waals surface area contributed by atoms with Crippen LogP contribution in [0.4, 0.5) is 0 Å². The molecule has 3 unspecified atom stereocenters. The van der Waals surface area contributed by atoms with Crippen molar-refractivity contribution in [3.63, 3.8) is 0 Å². The molecule has 1 nitrogen and oxygen atoms in total. The summed E-state index contributed by atoms with van der Waals surface area (Å²) in [5.74, 6) is 1.60. The van der Waals surface area contributed by atoms with Gasteiger partial charge in [-0.05, 0) is 31.1 Å². The molecule has 1 saturated carbocycles. The van der Waals surface area contributed by atoms with E-state index in [9.17, 15) is 0 Å². The fourth-order valence-corrected chi connectivity index (χ4v) is 2.59. The van der Waals surface area contributed by atoms with Crippen molar-refractivity contribution in [1.82, 2.24) is 0 Å². The first kappa shape index (κ1) is 11.3. The molecule has 3 atom stereocenters. The predicted octanol–water partition coefficient (Wildman–Crippen LogP) is 3.46. The van der Waals surface area contributed by atoms with E-state index in [1.54, 1.807) is 7.11 Å². The summed E-state index contributed by atoms with van der Waals surface area (Å²) in [7, 11) is 1.77. The van der Waals surface area contributed by atoms with E-state index < -0.39 is 0 Å². The number of unbranched alkanes of at least 4 members (excludes halogenated alkanes) is 1. The molecule has 0 spiro atoms. The molecule has 0 aliphatic heterocycles. The van der Waals surface area contributed by atoms with Crippen molar-refractivity contribution in [2.24, 2.45) is 11.8 Å². The van der Waals surface area contributed by atoms with Crippen LogP contribution in [-0.2, 0) is 4.74 Å². The van der Waals surface area contributed by atoms with Gasteiger partial charge in [-0.1, -0.05) is 19.8 Å². The van der Waals surface area contributed by atoms with Crippen LogP contribution in [0.5, 0.6) is 0 Å². The zero-order valence-corrected chi connectivity index (χ0v) is 9.52. The zero-order valence-electron chi connectivity index (χ0n) is 8.76. The van der Waals surface area contributed by atoms with E-state index in [4.69, 9.17) is 16.3 Å². The number of ether oxygens (including phenoxy) is 1. The van der Waals surface area contributed by atoms with Crippen LogP contribution in [0.3, 0.4) is 0 Å². The van der Waals surface area contributed by atoms with Gasteiger partial charge in [0, 0.05) is 19.1 Å². The lowest BCUT2D eigenvalue weighted by Gasteiger charge is -2.16. The van der Waals surface area contributed by atoms with Gasteiger partial charge in [-0.3, -0.25) is 0 Å². The second kappa shape index (κ2) is 5.87. The smallest absolute Gasteiger partial charge is 0.0462 e. The minimum atomic E-state index is 0.437. The van der Waals surface area contributed by atoms with Crippen molar-refractivity contribution >= 4 is 11.6 Å². The van der Waals surface area contributed by atoms with Gasteiger partial charge < -0.3 is 4.74 Å². The van der Waals surface area contributed by atoms with Gasteiger partial charge in [0.15, 0.2) is 0 Å². The highest BCUT2D eigenvalue weighted by Crippen LogP contribution is 2.38. The lowest BCUT2D eigenvalue weighted by molar-refractivity contribution is 0.189. The third-order valence-corrected chi connectivity index (χ3v) is 3.92. The molecule has 2 heteroatoms. The standard InChI is InChI=1S/C11H21ClO/c1-9-10(6-7-11(9)12)5-3-4-8-13-2/h9-11H,3-8H2,1-2H3. The minimum absolute atomic E-state index is 0.437. The fourth-order valence-electron chi connectivity index (χ4n) is 2.25. The lowest BCUT2D eigenvalue weighted by Crippen LogP contribution is -2.10. The Bertz CT molecular complexity index is 138. The van der Waals surface area contributed by atoms with E-state index in [-0.39, 0.29) is 0 Å². The first-order chi connectivity index (χ1) is 6.25. The maximum Gasteiger partial charge on any atom is 0.0462 e. The van der Waals surface area contributed by atoms with Crippen molar-refractivity contribution in [2.45, 2.75) is 44.4 Å². The Hall–Kier alpha value is 0.250. The Morgan fingerprint density at radius 3 is 2.62 bits per heavy atom. The fraction of sp³-hybridized carbons (Fsp3) is 1.00. The van der Waals surface area contributed by atoms with Crippen molar-refractivity contribution in [1.29, 1.82) is 0 Å². The van der Waals surface area contributed by atoms with Gasteiger partial charge in [0.1, 0.15) is 0 Å². The maximum atomic E-state index is 6.17. The topological polar surface area (TPSA) is 9.23 Å². The Labute approximate surface area is 86.8 Å². The van der Waals surface area contributed by atoms with Crippen molar-refractivity contribution in [2.75, 3.05) is 13.7 Å². The van der Waals surface area contributed by atoms with Gasteiger partial charge in [0.25, 0.3) is 0 Å². The summed E-state index contributed by atoms with van der Waals surface area (Å²) >= 11 is 6.17. The van der Waals surface area contributed by atoms with Gasteiger partial charge in [0.2, 0.25) is 0 Å². The molecular weight excluding hydrogens is 184 g/mol. The minimum Gasteiger partial charge on any atom is -0.385 e.